The van der Waals surface area contributed by atoms with Crippen molar-refractivity contribution in [3.8, 4) is 0 Å². The number of furan rings is 1. The van der Waals surface area contributed by atoms with E-state index in [0.29, 0.717) is 0 Å². The molecule has 12 aromatic carbocycles. The van der Waals surface area contributed by atoms with Gasteiger partial charge in [0.25, 0.3) is 0 Å². The predicted octanol–water partition coefficient (Wildman–Crippen LogP) is 18.7. The Morgan fingerprint density at radius 3 is 1.22 bits per heavy atom. The molecule has 0 spiro atoms. The van der Waals surface area contributed by atoms with Crippen molar-refractivity contribution in [1.29, 1.82) is 0 Å². The highest BCUT2D eigenvalue weighted by Gasteiger charge is 2.20. The van der Waals surface area contributed by atoms with E-state index in [4.69, 9.17) is 4.42 Å². The van der Waals surface area contributed by atoms with E-state index in [0.717, 1.165) is 44.4 Å². The second-order valence-electron chi connectivity index (χ2n) is 17.2. The van der Waals surface area contributed by atoms with Crippen LogP contribution in [-0.4, -0.2) is 0 Å². The molecule has 3 aromatic heterocycles. The first-order valence-corrected chi connectivity index (χ1v) is 23.4. The third kappa shape index (κ3) is 4.84. The van der Waals surface area contributed by atoms with Gasteiger partial charge in [0.15, 0.2) is 0 Å². The first-order chi connectivity index (χ1) is 31.7. The van der Waals surface area contributed by atoms with Crippen molar-refractivity contribution in [3.05, 3.63) is 200 Å². The summed E-state index contributed by atoms with van der Waals surface area (Å²) in [6, 6.07) is 74.3. The molecule has 0 aliphatic heterocycles. The van der Waals surface area contributed by atoms with Crippen LogP contribution in [0.3, 0.4) is 0 Å². The zero-order valence-corrected chi connectivity index (χ0v) is 35.9. The largest absolute Gasteiger partial charge is 0.455 e. The lowest BCUT2D eigenvalue weighted by molar-refractivity contribution is 0.673. The molecule has 0 unspecified atom stereocenters. The van der Waals surface area contributed by atoms with Gasteiger partial charge in [-0.3, -0.25) is 0 Å². The van der Waals surface area contributed by atoms with Gasteiger partial charge in [-0.15, -0.1) is 22.7 Å². The molecule has 0 aliphatic carbocycles. The maximum absolute atomic E-state index is 6.61. The highest BCUT2D eigenvalue weighted by atomic mass is 32.1. The summed E-state index contributed by atoms with van der Waals surface area (Å²) in [5.74, 6) is 0. The number of hydrogen-bond acceptors (Lipinski definition) is 4. The topological polar surface area (TPSA) is 16.4 Å². The van der Waals surface area contributed by atoms with E-state index in [1.807, 2.05) is 28.7 Å². The minimum absolute atomic E-state index is 0.916. The minimum Gasteiger partial charge on any atom is -0.455 e. The Morgan fingerprint density at radius 1 is 0.297 bits per heavy atom. The Bertz CT molecular complexity index is 4050. The van der Waals surface area contributed by atoms with Crippen LogP contribution in [0.1, 0.15) is 0 Å². The summed E-state index contributed by atoms with van der Waals surface area (Å²) in [6.07, 6.45) is 0. The van der Waals surface area contributed by atoms with Crippen molar-refractivity contribution < 1.29 is 4.42 Å². The van der Waals surface area contributed by atoms with E-state index >= 15 is 0 Å². The average molecular weight is 848 g/mol. The summed E-state index contributed by atoms with van der Waals surface area (Å²) in [7, 11) is 0. The van der Waals surface area contributed by atoms with Crippen LogP contribution in [0, 0.1) is 0 Å². The second kappa shape index (κ2) is 12.9. The van der Waals surface area contributed by atoms with Gasteiger partial charge in [0.2, 0.25) is 0 Å². The maximum atomic E-state index is 6.61. The molecule has 0 aliphatic rings. The van der Waals surface area contributed by atoms with E-state index in [1.54, 1.807) is 0 Å². The molecule has 64 heavy (non-hydrogen) atoms. The van der Waals surface area contributed by atoms with E-state index in [1.165, 1.54) is 99.6 Å². The van der Waals surface area contributed by atoms with E-state index in [9.17, 15) is 0 Å². The lowest BCUT2D eigenvalue weighted by atomic mass is 9.97. The van der Waals surface area contributed by atoms with Gasteiger partial charge >= 0.3 is 0 Å². The summed E-state index contributed by atoms with van der Waals surface area (Å²) in [5.41, 5.74) is 5.18. The lowest BCUT2D eigenvalue weighted by Gasteiger charge is -2.27. The molecule has 0 saturated carbocycles. The van der Waals surface area contributed by atoms with Crippen LogP contribution >= 0.6 is 22.7 Å². The molecule has 3 heterocycles. The zero-order chi connectivity index (χ0) is 41.6. The third-order valence-electron chi connectivity index (χ3n) is 13.8. The minimum atomic E-state index is 0.916. The zero-order valence-electron chi connectivity index (χ0n) is 34.2. The Hall–Kier alpha value is -7.76. The average Bonchev–Trinajstić information content (AvgIpc) is 4.05. The fraction of sp³-hybridized carbons (Fsp3) is 0. The van der Waals surface area contributed by atoms with Gasteiger partial charge in [-0.2, -0.15) is 0 Å². The fourth-order valence-electron chi connectivity index (χ4n) is 10.8. The first-order valence-electron chi connectivity index (χ1n) is 21.8. The quantitative estimate of drug-likeness (QED) is 0.165. The normalized spacial score (nSPS) is 12.4. The summed E-state index contributed by atoms with van der Waals surface area (Å²) < 4.78 is 12.0. The monoisotopic (exact) mass is 847 g/mol. The summed E-state index contributed by atoms with van der Waals surface area (Å²) in [4.78, 5) is 2.44. The van der Waals surface area contributed by atoms with E-state index < -0.39 is 0 Å². The summed E-state index contributed by atoms with van der Waals surface area (Å²) in [6.45, 7) is 0. The van der Waals surface area contributed by atoms with Crippen LogP contribution < -0.4 is 4.90 Å². The van der Waals surface area contributed by atoms with Gasteiger partial charge in [-0.25, -0.2) is 0 Å². The molecule has 0 radical (unpaired) electrons. The molecule has 296 valence electrons. The van der Waals surface area contributed by atoms with Gasteiger partial charge in [-0.05, 0) is 109 Å². The molecular formula is C60H33NOS2. The lowest BCUT2D eigenvalue weighted by Crippen LogP contribution is -2.10. The van der Waals surface area contributed by atoms with Crippen molar-refractivity contribution >= 4 is 167 Å². The van der Waals surface area contributed by atoms with Crippen molar-refractivity contribution in [3.63, 3.8) is 0 Å². The number of hydrogen-bond donors (Lipinski definition) is 0. The molecule has 0 N–H and O–H groups in total. The van der Waals surface area contributed by atoms with Crippen LogP contribution in [0.4, 0.5) is 17.1 Å². The van der Waals surface area contributed by atoms with Crippen molar-refractivity contribution in [2.24, 2.45) is 0 Å². The molecule has 4 heteroatoms. The third-order valence-corrected chi connectivity index (χ3v) is 16.2. The number of benzene rings is 12. The van der Waals surface area contributed by atoms with Crippen molar-refractivity contribution in [2.45, 2.75) is 0 Å². The standard InChI is InChI=1S/C60H33NOS2/c1-4-10-52-46(7-1)49-25-19-34-13-16-37-31-40(22-28-43(37)55(34)58(49)62-52)61(41-23-29-44-38(32-41)17-14-35-20-26-50-47-8-2-5-11-53(47)63-59(50)56(35)44)42-24-30-45-39(33-42)18-15-36-21-27-51-48-9-3-6-12-54(48)64-60(51)57(36)45/h1-33H. The molecule has 0 saturated heterocycles. The van der Waals surface area contributed by atoms with E-state index in [-0.39, 0.29) is 0 Å². The Balaban J connectivity index is 0.966. The molecule has 15 rings (SSSR count). The maximum Gasteiger partial charge on any atom is 0.143 e. The van der Waals surface area contributed by atoms with Gasteiger partial charge in [0, 0.05) is 84.3 Å². The molecule has 2 nitrogen and oxygen atoms in total. The van der Waals surface area contributed by atoms with Crippen LogP contribution in [0.2, 0.25) is 0 Å². The molecule has 0 fully saturated rings. The van der Waals surface area contributed by atoms with Crippen LogP contribution in [-0.2, 0) is 0 Å². The number of para-hydroxylation sites is 1. The second-order valence-corrected chi connectivity index (χ2v) is 19.3. The number of thiophene rings is 2. The van der Waals surface area contributed by atoms with Crippen LogP contribution in [0.5, 0.6) is 0 Å². The highest BCUT2D eigenvalue weighted by Crippen LogP contribution is 2.47. The molecule has 0 amide bonds. The van der Waals surface area contributed by atoms with Gasteiger partial charge in [0.05, 0.1) is 0 Å². The number of nitrogens with zero attached hydrogens (tertiary/aromatic N) is 1. The Morgan fingerprint density at radius 2 is 0.688 bits per heavy atom. The number of fused-ring (bicyclic) bond motifs is 21. The molecule has 0 bridgehead atoms. The van der Waals surface area contributed by atoms with Gasteiger partial charge < -0.3 is 9.32 Å². The Labute approximate surface area is 374 Å². The highest BCUT2D eigenvalue weighted by molar-refractivity contribution is 7.27. The first kappa shape index (κ1) is 34.8. The summed E-state index contributed by atoms with van der Waals surface area (Å²) in [5, 5.41) is 22.5. The molecular weight excluding hydrogens is 815 g/mol. The number of rotatable bonds is 3. The Kier molecular flexibility index (Phi) is 7.01. The van der Waals surface area contributed by atoms with Gasteiger partial charge in [-0.1, -0.05) is 140 Å². The van der Waals surface area contributed by atoms with Crippen LogP contribution in [0.15, 0.2) is 205 Å². The number of anilines is 3. The fourth-order valence-corrected chi connectivity index (χ4v) is 13.4. The van der Waals surface area contributed by atoms with Crippen LogP contribution in [0.25, 0.3) is 127 Å². The predicted molar refractivity (Wildman–Crippen MR) is 279 cm³/mol. The van der Waals surface area contributed by atoms with Gasteiger partial charge in [0.1, 0.15) is 11.2 Å². The smallest absolute Gasteiger partial charge is 0.143 e. The van der Waals surface area contributed by atoms with Crippen molar-refractivity contribution in [1.82, 2.24) is 0 Å². The summed E-state index contributed by atoms with van der Waals surface area (Å²) >= 11 is 3.80. The molecule has 0 atom stereocenters. The SMILES string of the molecule is c1ccc2c(c1)oc1c2ccc2ccc3cc(N(c4ccc5c(ccc6ccc7c8ccccc8sc7c65)c4)c4ccc5c(ccc6ccc7c8ccccc8sc7c65)c4)ccc3c21. The van der Waals surface area contributed by atoms with E-state index in [2.05, 4.69) is 199 Å². The molecule has 15 aromatic rings. The van der Waals surface area contributed by atoms with Crippen molar-refractivity contribution in [2.75, 3.05) is 4.90 Å².